The van der Waals surface area contributed by atoms with Crippen LogP contribution in [0.4, 0.5) is 0 Å². The number of nitrogens with zero attached hydrogens (tertiary/aromatic N) is 3. The van der Waals surface area contributed by atoms with E-state index >= 15 is 0 Å². The molecular weight excluding hydrogens is 334 g/mol. The molecule has 4 aromatic rings. The summed E-state index contributed by atoms with van der Waals surface area (Å²) in [6.45, 7) is 0. The Morgan fingerprint density at radius 1 is 1.04 bits per heavy atom. The Morgan fingerprint density at radius 3 is 2.40 bits per heavy atom. The maximum Gasteiger partial charge on any atom is 0.216 e. The lowest BCUT2D eigenvalue weighted by Crippen LogP contribution is -2.18. The normalized spacial score (nSPS) is 11.8. The monoisotopic (exact) mass is 347 g/mol. The smallest absolute Gasteiger partial charge is 0.216 e. The van der Waals surface area contributed by atoms with Crippen LogP contribution in [0.15, 0.2) is 78.2 Å². The van der Waals surface area contributed by atoms with Crippen molar-refractivity contribution in [1.29, 1.82) is 0 Å². The number of oxime groups is 1. The van der Waals surface area contributed by atoms with Crippen molar-refractivity contribution in [3.63, 3.8) is 0 Å². The molecule has 0 aliphatic heterocycles. The van der Waals surface area contributed by atoms with E-state index in [1.165, 1.54) is 11.3 Å². The molecule has 6 heteroatoms. The topological polar surface area (TPSA) is 67.0 Å². The molecule has 4 rings (SSSR count). The van der Waals surface area contributed by atoms with Crippen molar-refractivity contribution >= 4 is 27.8 Å². The highest BCUT2D eigenvalue weighted by Crippen LogP contribution is 2.33. The van der Waals surface area contributed by atoms with Crippen LogP contribution in [0, 0.1) is 0 Å². The Morgan fingerprint density at radius 2 is 1.72 bits per heavy atom. The largest absolute Gasteiger partial charge is 0.410 e. The first-order valence-electron chi connectivity index (χ1n) is 7.63. The Kier molecular flexibility index (Phi) is 3.87. The highest BCUT2D eigenvalue weighted by Gasteiger charge is 2.25. The number of hydrogen-bond donors (Lipinski definition) is 1. The molecule has 0 amide bonds. The lowest BCUT2D eigenvalue weighted by Gasteiger charge is -2.07. The molecule has 5 nitrogen and oxygen atoms in total. The Balaban J connectivity index is 1.93. The molecule has 0 aliphatic carbocycles. The van der Waals surface area contributed by atoms with E-state index in [4.69, 9.17) is 0 Å². The minimum absolute atomic E-state index is 0.00527. The summed E-state index contributed by atoms with van der Waals surface area (Å²) in [5.74, 6) is -0.339. The molecule has 0 saturated carbocycles. The van der Waals surface area contributed by atoms with E-state index in [-0.39, 0.29) is 11.5 Å². The summed E-state index contributed by atoms with van der Waals surface area (Å²) in [5, 5.41) is 13.0. The van der Waals surface area contributed by atoms with E-state index in [9.17, 15) is 10.0 Å². The van der Waals surface area contributed by atoms with Crippen molar-refractivity contribution < 1.29 is 10.0 Å². The van der Waals surface area contributed by atoms with Crippen LogP contribution in [0.1, 0.15) is 16.1 Å². The number of ketones is 1. The first-order valence-corrected chi connectivity index (χ1v) is 8.44. The van der Waals surface area contributed by atoms with Crippen molar-refractivity contribution in [3.05, 3.63) is 84.3 Å². The van der Waals surface area contributed by atoms with Crippen molar-refractivity contribution in [3.8, 4) is 10.4 Å². The van der Waals surface area contributed by atoms with Crippen LogP contribution in [-0.2, 0) is 0 Å². The van der Waals surface area contributed by atoms with Crippen LogP contribution in [-0.4, -0.2) is 26.1 Å². The van der Waals surface area contributed by atoms with Crippen molar-refractivity contribution in [1.82, 2.24) is 9.38 Å². The molecule has 0 unspecified atom stereocenters. The van der Waals surface area contributed by atoms with Gasteiger partial charge < -0.3 is 5.21 Å². The molecule has 122 valence electrons. The van der Waals surface area contributed by atoms with Crippen LogP contribution >= 0.6 is 11.3 Å². The van der Waals surface area contributed by atoms with Gasteiger partial charge in [0.25, 0.3) is 0 Å². The number of carbonyl (C=O) groups is 1. The summed E-state index contributed by atoms with van der Waals surface area (Å²) < 4.78 is 1.78. The van der Waals surface area contributed by atoms with Crippen molar-refractivity contribution in [2.75, 3.05) is 0 Å². The number of aromatic nitrogens is 2. The molecule has 2 aromatic heterocycles. The van der Waals surface area contributed by atoms with Crippen LogP contribution in [0.25, 0.3) is 15.4 Å². The average Bonchev–Trinajstić information content (AvgIpc) is 3.26. The van der Waals surface area contributed by atoms with E-state index in [1.807, 2.05) is 36.4 Å². The third kappa shape index (κ3) is 2.62. The summed E-state index contributed by atoms with van der Waals surface area (Å²) >= 11 is 1.45. The predicted molar refractivity (Wildman–Crippen MR) is 97.6 cm³/mol. The highest BCUT2D eigenvalue weighted by atomic mass is 32.1. The quantitative estimate of drug-likeness (QED) is 0.261. The van der Waals surface area contributed by atoms with Gasteiger partial charge in [-0.05, 0) is 5.56 Å². The lowest BCUT2D eigenvalue weighted by molar-refractivity contribution is 0.106. The van der Waals surface area contributed by atoms with Gasteiger partial charge in [-0.25, -0.2) is 4.98 Å². The third-order valence-electron chi connectivity index (χ3n) is 3.87. The van der Waals surface area contributed by atoms with E-state index in [2.05, 4.69) is 10.1 Å². The fourth-order valence-corrected chi connectivity index (χ4v) is 3.81. The molecule has 0 radical (unpaired) electrons. The Hall–Kier alpha value is -3.25. The van der Waals surface area contributed by atoms with E-state index in [0.717, 1.165) is 15.4 Å². The molecule has 2 heterocycles. The van der Waals surface area contributed by atoms with Gasteiger partial charge in [-0.3, -0.25) is 9.20 Å². The van der Waals surface area contributed by atoms with Gasteiger partial charge in [-0.15, -0.1) is 0 Å². The van der Waals surface area contributed by atoms with Gasteiger partial charge >= 0.3 is 0 Å². The second-order valence-corrected chi connectivity index (χ2v) is 6.35. The average molecular weight is 347 g/mol. The fraction of sp³-hybridized carbons (Fsp3) is 0. The van der Waals surface area contributed by atoms with Crippen molar-refractivity contribution in [2.45, 2.75) is 0 Å². The molecular formula is C19H13N3O2S. The third-order valence-corrected chi connectivity index (χ3v) is 4.99. The Bertz CT molecular complexity index is 1070. The van der Waals surface area contributed by atoms with Gasteiger partial charge in [0.1, 0.15) is 0 Å². The van der Waals surface area contributed by atoms with Crippen LogP contribution in [0.5, 0.6) is 0 Å². The van der Waals surface area contributed by atoms with Crippen LogP contribution in [0.2, 0.25) is 0 Å². The highest BCUT2D eigenvalue weighted by molar-refractivity contribution is 7.20. The van der Waals surface area contributed by atoms with Gasteiger partial charge in [0, 0.05) is 18.0 Å². The van der Waals surface area contributed by atoms with Crippen molar-refractivity contribution in [2.24, 2.45) is 5.16 Å². The summed E-state index contributed by atoms with van der Waals surface area (Å²) in [4.78, 5) is 18.8. The minimum atomic E-state index is -0.339. The first kappa shape index (κ1) is 15.3. The number of hydrogen-bond acceptors (Lipinski definition) is 5. The maximum atomic E-state index is 12.9. The zero-order chi connectivity index (χ0) is 17.2. The zero-order valence-electron chi connectivity index (χ0n) is 13.0. The molecule has 25 heavy (non-hydrogen) atoms. The van der Waals surface area contributed by atoms with Crippen LogP contribution < -0.4 is 0 Å². The van der Waals surface area contributed by atoms with E-state index < -0.39 is 0 Å². The second-order valence-electron chi connectivity index (χ2n) is 5.37. The fourth-order valence-electron chi connectivity index (χ4n) is 2.72. The van der Waals surface area contributed by atoms with E-state index in [1.54, 1.807) is 41.1 Å². The van der Waals surface area contributed by atoms with Crippen LogP contribution in [0.3, 0.4) is 0 Å². The molecule has 0 bridgehead atoms. The lowest BCUT2D eigenvalue weighted by atomic mass is 10.0. The molecule has 0 atom stereocenters. The summed E-state index contributed by atoms with van der Waals surface area (Å²) in [7, 11) is 0. The maximum absolute atomic E-state index is 12.9. The molecule has 0 fully saturated rings. The van der Waals surface area contributed by atoms with Gasteiger partial charge in [0.15, 0.2) is 10.7 Å². The van der Waals surface area contributed by atoms with Gasteiger partial charge in [-0.2, -0.15) is 0 Å². The summed E-state index contributed by atoms with van der Waals surface area (Å²) in [5.41, 5.74) is 1.94. The minimum Gasteiger partial charge on any atom is -0.410 e. The molecule has 2 aromatic carbocycles. The second kappa shape index (κ2) is 6.33. The number of carbonyl (C=O) groups excluding carboxylic acids is 1. The zero-order valence-corrected chi connectivity index (χ0v) is 13.9. The first-order chi connectivity index (χ1) is 12.3. The van der Waals surface area contributed by atoms with Gasteiger partial charge in [0.05, 0.1) is 10.6 Å². The Labute approximate surface area is 147 Å². The number of benzene rings is 2. The number of rotatable bonds is 4. The number of imidazole rings is 1. The number of Topliss-reactive ketones (excluding diaryl/α,β-unsaturated/α-hetero) is 1. The molecule has 0 saturated heterocycles. The molecule has 1 N–H and O–H groups in total. The molecule has 0 aliphatic rings. The standard InChI is InChI=1S/C19H13N3O2S/c23-17(13-7-3-1-4-8-13)15(21-24)16-18(14-9-5-2-6-10-14)25-19-20-11-12-22(16)19/h1-12,24H. The molecule has 0 spiro atoms. The summed E-state index contributed by atoms with van der Waals surface area (Å²) in [6.07, 6.45) is 3.42. The predicted octanol–water partition coefficient (Wildman–Crippen LogP) is 4.12. The number of fused-ring (bicyclic) bond motifs is 1. The van der Waals surface area contributed by atoms with Gasteiger partial charge in [-0.1, -0.05) is 77.2 Å². The number of thiazole rings is 1. The van der Waals surface area contributed by atoms with Gasteiger partial charge in [0.2, 0.25) is 5.78 Å². The summed E-state index contributed by atoms with van der Waals surface area (Å²) in [6, 6.07) is 18.5. The SMILES string of the molecule is O=C(C(=NO)c1c(-c2ccccc2)sc2nccn12)c1ccccc1. The van der Waals surface area contributed by atoms with E-state index in [0.29, 0.717) is 11.3 Å².